The normalized spacial score (nSPS) is 28.5. The highest BCUT2D eigenvalue weighted by atomic mass is 19.1. The van der Waals surface area contributed by atoms with E-state index in [1.165, 1.54) is 18.9 Å². The zero-order chi connectivity index (χ0) is 21.4. The van der Waals surface area contributed by atoms with Gasteiger partial charge in [-0.25, -0.2) is 14.2 Å². The Hall–Kier alpha value is -2.57. The Bertz CT molecular complexity index is 926. The van der Waals surface area contributed by atoms with E-state index in [-0.39, 0.29) is 24.0 Å². The van der Waals surface area contributed by atoms with Gasteiger partial charge in [0.15, 0.2) is 11.6 Å². The number of carbonyl (C=O) groups is 1. The van der Waals surface area contributed by atoms with E-state index >= 15 is 0 Å². The molecular formula is C24H31FN4O2. The Morgan fingerprint density at radius 1 is 1.16 bits per heavy atom. The summed E-state index contributed by atoms with van der Waals surface area (Å²) in [5.41, 5.74) is 0. The van der Waals surface area contributed by atoms with Gasteiger partial charge in [-0.2, -0.15) is 0 Å². The van der Waals surface area contributed by atoms with Crippen molar-refractivity contribution in [3.8, 4) is 5.75 Å². The van der Waals surface area contributed by atoms with Crippen LogP contribution < -0.4 is 10.1 Å². The molecule has 4 atom stereocenters. The first-order valence-corrected chi connectivity index (χ1v) is 11.5. The molecule has 7 heteroatoms. The lowest BCUT2D eigenvalue weighted by Gasteiger charge is -2.39. The molecule has 2 aromatic rings. The van der Waals surface area contributed by atoms with E-state index in [0.29, 0.717) is 23.6 Å². The van der Waals surface area contributed by atoms with Crippen molar-refractivity contribution >= 4 is 6.03 Å². The first kappa shape index (κ1) is 20.3. The number of rotatable bonds is 4. The van der Waals surface area contributed by atoms with Gasteiger partial charge in [-0.05, 0) is 56.6 Å². The largest absolute Gasteiger partial charge is 0.485 e. The summed E-state index contributed by atoms with van der Waals surface area (Å²) in [6.07, 6.45) is 9.91. The standard InChI is InChI=1S/C24H31FN4O2/c1-16-26-10-11-29(16)21-12-17-14-28(24(30)27-19-6-2-3-7-19)15-18(17)13-23(21)31-22-9-5-4-8-20(22)25/h4-5,8-11,17-19,21,23H,2-3,6-7,12-15H2,1H3,(H,27,30)/t17-,18+,21-,23-/m0/s1. The van der Waals surface area contributed by atoms with E-state index in [1.807, 2.05) is 18.0 Å². The summed E-state index contributed by atoms with van der Waals surface area (Å²) >= 11 is 0. The Morgan fingerprint density at radius 3 is 2.61 bits per heavy atom. The number of nitrogens with zero attached hydrogens (tertiary/aromatic N) is 3. The number of aromatic nitrogens is 2. The number of amides is 2. The first-order valence-electron chi connectivity index (χ1n) is 11.5. The molecule has 2 heterocycles. The average Bonchev–Trinajstić information content (AvgIpc) is 3.50. The molecule has 0 radical (unpaired) electrons. The van der Waals surface area contributed by atoms with Gasteiger partial charge in [-0.15, -0.1) is 0 Å². The van der Waals surface area contributed by atoms with E-state index in [4.69, 9.17) is 4.74 Å². The number of imidazole rings is 1. The van der Waals surface area contributed by atoms with Gasteiger partial charge in [0.2, 0.25) is 0 Å². The molecule has 5 rings (SSSR count). The number of hydrogen-bond acceptors (Lipinski definition) is 3. The highest BCUT2D eigenvalue weighted by molar-refractivity contribution is 5.75. The summed E-state index contributed by atoms with van der Waals surface area (Å²) in [5.74, 6) is 1.67. The summed E-state index contributed by atoms with van der Waals surface area (Å²) < 4.78 is 22.7. The number of halogens is 1. The van der Waals surface area contributed by atoms with Gasteiger partial charge in [0.1, 0.15) is 11.9 Å². The van der Waals surface area contributed by atoms with Crippen LogP contribution in [0.4, 0.5) is 9.18 Å². The minimum Gasteiger partial charge on any atom is -0.485 e. The lowest BCUT2D eigenvalue weighted by molar-refractivity contribution is 0.0509. The number of likely N-dealkylation sites (tertiary alicyclic amines) is 1. The number of aryl methyl sites for hydroxylation is 1. The van der Waals surface area contributed by atoms with Crippen LogP contribution in [0.15, 0.2) is 36.7 Å². The van der Waals surface area contributed by atoms with Crippen LogP contribution in [0, 0.1) is 24.6 Å². The van der Waals surface area contributed by atoms with Crippen LogP contribution >= 0.6 is 0 Å². The second kappa shape index (κ2) is 8.52. The van der Waals surface area contributed by atoms with Crippen molar-refractivity contribution < 1.29 is 13.9 Å². The average molecular weight is 427 g/mol. The highest BCUT2D eigenvalue weighted by Gasteiger charge is 2.45. The smallest absolute Gasteiger partial charge is 0.317 e. The zero-order valence-corrected chi connectivity index (χ0v) is 18.0. The number of hydrogen-bond donors (Lipinski definition) is 1. The maximum Gasteiger partial charge on any atom is 0.317 e. The monoisotopic (exact) mass is 426 g/mol. The molecule has 1 N–H and O–H groups in total. The summed E-state index contributed by atoms with van der Waals surface area (Å²) in [5, 5.41) is 3.23. The lowest BCUT2D eigenvalue weighted by Crippen LogP contribution is -2.43. The number of carbonyl (C=O) groups excluding carboxylic acids is 1. The zero-order valence-electron chi connectivity index (χ0n) is 18.0. The number of urea groups is 1. The SMILES string of the molecule is Cc1nccn1[C@H]1C[C@H]2CN(C(=O)NC3CCCC3)C[C@H]2C[C@@H]1Oc1ccccc1F. The molecular weight excluding hydrogens is 395 g/mol. The van der Waals surface area contributed by atoms with Gasteiger partial charge >= 0.3 is 6.03 Å². The molecule has 1 aliphatic heterocycles. The van der Waals surface area contributed by atoms with Crippen LogP contribution in [-0.4, -0.2) is 45.7 Å². The van der Waals surface area contributed by atoms with Gasteiger partial charge in [0, 0.05) is 31.5 Å². The van der Waals surface area contributed by atoms with Crippen LogP contribution in [-0.2, 0) is 0 Å². The van der Waals surface area contributed by atoms with E-state index in [2.05, 4.69) is 14.9 Å². The Kier molecular flexibility index (Phi) is 5.59. The third kappa shape index (κ3) is 4.14. The number of benzene rings is 1. The summed E-state index contributed by atoms with van der Waals surface area (Å²) in [6, 6.07) is 7.07. The molecule has 31 heavy (non-hydrogen) atoms. The van der Waals surface area contributed by atoms with Crippen LogP contribution in [0.1, 0.15) is 50.4 Å². The van der Waals surface area contributed by atoms with E-state index in [9.17, 15) is 9.18 Å². The van der Waals surface area contributed by atoms with Crippen LogP contribution in [0.2, 0.25) is 0 Å². The van der Waals surface area contributed by atoms with Crippen LogP contribution in [0.25, 0.3) is 0 Å². The topological polar surface area (TPSA) is 59.4 Å². The number of nitrogens with one attached hydrogen (secondary N) is 1. The summed E-state index contributed by atoms with van der Waals surface area (Å²) in [6.45, 7) is 3.51. The molecule has 3 fully saturated rings. The first-order chi connectivity index (χ1) is 15.1. The predicted octanol–water partition coefficient (Wildman–Crippen LogP) is 4.31. The fourth-order valence-corrected chi connectivity index (χ4v) is 5.75. The predicted molar refractivity (Wildman–Crippen MR) is 115 cm³/mol. The van der Waals surface area contributed by atoms with Crippen molar-refractivity contribution in [1.29, 1.82) is 0 Å². The Balaban J connectivity index is 1.33. The minimum absolute atomic E-state index is 0.0706. The van der Waals surface area contributed by atoms with Gasteiger partial charge < -0.3 is 19.5 Å². The Labute approximate surface area is 182 Å². The van der Waals surface area contributed by atoms with Crippen molar-refractivity contribution in [2.75, 3.05) is 13.1 Å². The van der Waals surface area contributed by atoms with Crippen molar-refractivity contribution in [1.82, 2.24) is 19.8 Å². The molecule has 2 aliphatic carbocycles. The molecule has 1 aromatic heterocycles. The lowest BCUT2D eigenvalue weighted by atomic mass is 9.77. The van der Waals surface area contributed by atoms with Gasteiger partial charge in [0.05, 0.1) is 6.04 Å². The molecule has 166 valence electrons. The number of fused-ring (bicyclic) bond motifs is 1. The number of ether oxygens (including phenoxy) is 1. The van der Waals surface area contributed by atoms with Crippen molar-refractivity contribution in [3.63, 3.8) is 0 Å². The fraction of sp³-hybridized carbons (Fsp3) is 0.583. The van der Waals surface area contributed by atoms with E-state index in [0.717, 1.165) is 44.6 Å². The number of para-hydroxylation sites is 1. The molecule has 0 bridgehead atoms. The molecule has 1 aromatic carbocycles. The Morgan fingerprint density at radius 2 is 1.90 bits per heavy atom. The highest BCUT2D eigenvalue weighted by Crippen LogP contribution is 2.43. The summed E-state index contributed by atoms with van der Waals surface area (Å²) in [7, 11) is 0. The van der Waals surface area contributed by atoms with Gasteiger partial charge in [0.25, 0.3) is 0 Å². The molecule has 3 aliphatic rings. The third-order valence-corrected chi connectivity index (χ3v) is 7.39. The van der Waals surface area contributed by atoms with E-state index < -0.39 is 0 Å². The maximum absolute atomic E-state index is 14.3. The van der Waals surface area contributed by atoms with Crippen molar-refractivity contribution in [2.45, 2.75) is 63.6 Å². The van der Waals surface area contributed by atoms with Crippen LogP contribution in [0.5, 0.6) is 5.75 Å². The molecule has 2 amide bonds. The second-order valence-electron chi connectivity index (χ2n) is 9.36. The van der Waals surface area contributed by atoms with Gasteiger partial charge in [-0.3, -0.25) is 0 Å². The molecule has 0 unspecified atom stereocenters. The van der Waals surface area contributed by atoms with Gasteiger partial charge in [-0.1, -0.05) is 25.0 Å². The quantitative estimate of drug-likeness (QED) is 0.792. The van der Waals surface area contributed by atoms with Crippen LogP contribution in [0.3, 0.4) is 0 Å². The molecule has 1 saturated heterocycles. The van der Waals surface area contributed by atoms with Crippen molar-refractivity contribution in [3.05, 3.63) is 48.3 Å². The minimum atomic E-state index is -0.338. The fourth-order valence-electron chi connectivity index (χ4n) is 5.75. The van der Waals surface area contributed by atoms with Crippen molar-refractivity contribution in [2.24, 2.45) is 11.8 Å². The van der Waals surface area contributed by atoms with E-state index in [1.54, 1.807) is 24.4 Å². The molecule has 0 spiro atoms. The molecule has 2 saturated carbocycles. The maximum atomic E-state index is 14.3. The second-order valence-corrected chi connectivity index (χ2v) is 9.36. The summed E-state index contributed by atoms with van der Waals surface area (Å²) in [4.78, 5) is 19.2. The molecule has 6 nitrogen and oxygen atoms in total. The third-order valence-electron chi connectivity index (χ3n) is 7.39.